The molecule has 2 rings (SSSR count). The van der Waals surface area contributed by atoms with E-state index in [1.807, 2.05) is 0 Å². The molecule has 1 heterocycles. The van der Waals surface area contributed by atoms with Crippen LogP contribution >= 0.6 is 54.2 Å². The summed E-state index contributed by atoms with van der Waals surface area (Å²) in [7, 11) is -4.64. The summed E-state index contributed by atoms with van der Waals surface area (Å²) in [6.07, 6.45) is 0. The van der Waals surface area contributed by atoms with Gasteiger partial charge in [0.2, 0.25) is 0 Å². The summed E-state index contributed by atoms with van der Waals surface area (Å²) >= 11 is 23.5. The molecule has 0 radical (unpaired) electrons. The summed E-state index contributed by atoms with van der Waals surface area (Å²) in [5.74, 6) is 0. The number of H-pyrrole nitrogens is 1. The van der Waals surface area contributed by atoms with E-state index in [0.717, 1.165) is 5.39 Å². The van der Waals surface area contributed by atoms with Crippen LogP contribution in [-0.4, -0.2) is 19.7 Å². The number of fused-ring (bicyclic) bond motifs is 1. The molecule has 1 aromatic carbocycles. The second kappa shape index (κ2) is 5.99. The molecule has 1 aromatic heterocycles. The number of hydrogen-bond donors (Lipinski definition) is 4. The molecule has 0 amide bonds. The number of aromatic nitrogens is 1. The summed E-state index contributed by atoms with van der Waals surface area (Å²) < 4.78 is 8.88. The van der Waals surface area contributed by atoms with Gasteiger partial charge in [0.25, 0.3) is 0 Å². The average molecular weight is 353 g/mol. The Balaban J connectivity index is 0.000000280. The molecule has 0 spiro atoms. The number of nitrogens with one attached hydrogen (secondary N) is 1. The lowest BCUT2D eigenvalue weighted by atomic mass is 10.2. The molecule has 0 aliphatic heterocycles. The van der Waals surface area contributed by atoms with Gasteiger partial charge in [0.1, 0.15) is 10.3 Å². The van der Waals surface area contributed by atoms with Gasteiger partial charge in [0.15, 0.2) is 0 Å². The molecule has 0 unspecified atom stereocenters. The lowest BCUT2D eigenvalue weighted by Gasteiger charge is -1.97. The van der Waals surface area contributed by atoms with Crippen molar-refractivity contribution in [3.63, 3.8) is 0 Å². The predicted octanol–water partition coefficient (Wildman–Crippen LogP) is 3.85. The Morgan fingerprint density at radius 2 is 1.50 bits per heavy atom. The maximum absolute atomic E-state index is 8.88. The highest BCUT2D eigenvalue weighted by Crippen LogP contribution is 2.38. The van der Waals surface area contributed by atoms with Crippen molar-refractivity contribution < 1.29 is 19.2 Å². The highest BCUT2D eigenvalue weighted by atomic mass is 35.5. The second-order valence-corrected chi connectivity index (χ2v) is 5.62. The number of halogens is 4. The van der Waals surface area contributed by atoms with Gasteiger partial charge in [0, 0.05) is 10.8 Å². The Kier molecular flexibility index (Phi) is 5.35. The van der Waals surface area contributed by atoms with Gasteiger partial charge < -0.3 is 19.7 Å². The Labute approximate surface area is 121 Å². The molecule has 2 aromatic rings. The van der Waals surface area contributed by atoms with Crippen molar-refractivity contribution in [2.75, 3.05) is 0 Å². The SMILES string of the molecule is Clc1ccc2c(Cl)[nH]c(Cl)c2c1Cl.O=P(O)(O)O. The maximum Gasteiger partial charge on any atom is 0.466 e. The molecule has 0 saturated heterocycles. The van der Waals surface area contributed by atoms with Gasteiger partial charge in [-0.2, -0.15) is 0 Å². The first-order valence-electron chi connectivity index (χ1n) is 4.20. The minimum absolute atomic E-state index is 0.410. The molecule has 0 aliphatic carbocycles. The van der Waals surface area contributed by atoms with Crippen molar-refractivity contribution in [1.29, 1.82) is 0 Å². The number of hydrogen-bond acceptors (Lipinski definition) is 1. The van der Waals surface area contributed by atoms with Crippen molar-refractivity contribution in [3.8, 4) is 0 Å². The summed E-state index contributed by atoms with van der Waals surface area (Å²) in [4.78, 5) is 24.3. The molecule has 10 heteroatoms. The lowest BCUT2D eigenvalue weighted by Crippen LogP contribution is -1.70. The Bertz CT molecular complexity index is 615. The van der Waals surface area contributed by atoms with E-state index in [1.54, 1.807) is 12.1 Å². The molecule has 0 saturated carbocycles. The van der Waals surface area contributed by atoms with Crippen LogP contribution in [0.15, 0.2) is 12.1 Å². The first-order valence-corrected chi connectivity index (χ1v) is 7.28. The number of rotatable bonds is 0. The molecule has 4 N–H and O–H groups in total. The van der Waals surface area contributed by atoms with Gasteiger partial charge in [-0.05, 0) is 12.1 Å². The number of benzene rings is 1. The van der Waals surface area contributed by atoms with E-state index in [4.69, 9.17) is 65.6 Å². The van der Waals surface area contributed by atoms with E-state index in [2.05, 4.69) is 4.98 Å². The molecule has 0 fully saturated rings. The van der Waals surface area contributed by atoms with Crippen LogP contribution in [0.1, 0.15) is 0 Å². The smallest absolute Gasteiger partial charge is 0.336 e. The minimum atomic E-state index is -4.64. The van der Waals surface area contributed by atoms with Gasteiger partial charge in [0.05, 0.1) is 10.0 Å². The molecule has 18 heavy (non-hydrogen) atoms. The monoisotopic (exact) mass is 351 g/mol. The normalized spacial score (nSPS) is 11.3. The van der Waals surface area contributed by atoms with E-state index >= 15 is 0 Å². The van der Waals surface area contributed by atoms with E-state index in [0.29, 0.717) is 25.7 Å². The molecular formula is C8H6Cl4NO4P. The highest BCUT2D eigenvalue weighted by molar-refractivity contribution is 7.45. The van der Waals surface area contributed by atoms with Gasteiger partial charge in [-0.15, -0.1) is 0 Å². The van der Waals surface area contributed by atoms with E-state index < -0.39 is 7.82 Å². The summed E-state index contributed by atoms with van der Waals surface area (Å²) in [5.41, 5.74) is 0. The quantitative estimate of drug-likeness (QED) is 0.542. The third-order valence-electron chi connectivity index (χ3n) is 1.77. The van der Waals surface area contributed by atoms with Gasteiger partial charge in [-0.25, -0.2) is 4.57 Å². The fourth-order valence-corrected chi connectivity index (χ4v) is 2.23. The van der Waals surface area contributed by atoms with Gasteiger partial charge >= 0.3 is 7.82 Å². The fourth-order valence-electron chi connectivity index (χ4n) is 1.17. The standard InChI is InChI=1S/C8H3Cl4N.H3O4P/c9-4-2-1-3-5(6(4)10)8(12)13-7(3)11;1-5(2,3)4/h1-2,13H;(H3,1,2,3,4). The van der Waals surface area contributed by atoms with Crippen molar-refractivity contribution in [1.82, 2.24) is 4.98 Å². The van der Waals surface area contributed by atoms with Crippen LogP contribution in [0.25, 0.3) is 10.8 Å². The Morgan fingerprint density at radius 3 is 2.00 bits per heavy atom. The van der Waals surface area contributed by atoms with E-state index in [9.17, 15) is 0 Å². The van der Waals surface area contributed by atoms with Crippen LogP contribution in [0.4, 0.5) is 0 Å². The van der Waals surface area contributed by atoms with Crippen LogP contribution in [0.2, 0.25) is 20.4 Å². The fraction of sp³-hybridized carbons (Fsp3) is 0. The van der Waals surface area contributed by atoms with E-state index in [-0.39, 0.29) is 0 Å². The first-order chi connectivity index (χ1) is 8.11. The number of phosphoric acid groups is 1. The Hall–Kier alpha value is 0.0300. The molecule has 0 aliphatic rings. The predicted molar refractivity (Wildman–Crippen MR) is 72.6 cm³/mol. The third kappa shape index (κ3) is 4.30. The topological polar surface area (TPSA) is 93.6 Å². The summed E-state index contributed by atoms with van der Waals surface area (Å²) in [6, 6.07) is 3.45. The van der Waals surface area contributed by atoms with Crippen molar-refractivity contribution in [2.45, 2.75) is 0 Å². The number of aromatic amines is 1. The van der Waals surface area contributed by atoms with Gasteiger partial charge in [-0.1, -0.05) is 46.4 Å². The van der Waals surface area contributed by atoms with Crippen molar-refractivity contribution in [2.24, 2.45) is 0 Å². The van der Waals surface area contributed by atoms with Gasteiger partial charge in [-0.3, -0.25) is 0 Å². The molecule has 5 nitrogen and oxygen atoms in total. The summed E-state index contributed by atoms with van der Waals surface area (Å²) in [5, 5.41) is 3.21. The highest BCUT2D eigenvalue weighted by Gasteiger charge is 2.12. The molecule has 0 bridgehead atoms. The zero-order valence-corrected chi connectivity index (χ0v) is 12.3. The lowest BCUT2D eigenvalue weighted by molar-refractivity contribution is 0.275. The second-order valence-electron chi connectivity index (χ2n) is 3.05. The van der Waals surface area contributed by atoms with E-state index in [1.165, 1.54) is 0 Å². The zero-order chi connectivity index (χ0) is 14.1. The maximum atomic E-state index is 8.88. The molecular weight excluding hydrogens is 347 g/mol. The third-order valence-corrected chi connectivity index (χ3v) is 3.16. The summed E-state index contributed by atoms with van der Waals surface area (Å²) in [6.45, 7) is 0. The van der Waals surface area contributed by atoms with Crippen molar-refractivity contribution >= 4 is 65.0 Å². The Morgan fingerprint density at radius 1 is 1.00 bits per heavy atom. The first kappa shape index (κ1) is 16.1. The van der Waals surface area contributed by atoms with Crippen LogP contribution in [0, 0.1) is 0 Å². The van der Waals surface area contributed by atoms with Crippen molar-refractivity contribution in [3.05, 3.63) is 32.5 Å². The zero-order valence-electron chi connectivity index (χ0n) is 8.36. The minimum Gasteiger partial charge on any atom is -0.336 e. The molecule has 0 atom stereocenters. The average Bonchev–Trinajstić information content (AvgIpc) is 2.46. The van der Waals surface area contributed by atoms with Crippen LogP contribution < -0.4 is 0 Å². The van der Waals surface area contributed by atoms with Crippen LogP contribution in [0.3, 0.4) is 0 Å². The molecule has 100 valence electrons. The van der Waals surface area contributed by atoms with Crippen LogP contribution in [0.5, 0.6) is 0 Å². The largest absolute Gasteiger partial charge is 0.466 e. The van der Waals surface area contributed by atoms with Crippen LogP contribution in [-0.2, 0) is 4.57 Å².